The highest BCUT2D eigenvalue weighted by atomic mass is 16.5. The summed E-state index contributed by atoms with van der Waals surface area (Å²) in [6.45, 7) is 13.8. The molecule has 0 amide bonds. The van der Waals surface area contributed by atoms with Crippen molar-refractivity contribution >= 4 is 30.1 Å². The lowest BCUT2D eigenvalue weighted by Crippen LogP contribution is -2.66. The summed E-state index contributed by atoms with van der Waals surface area (Å²) in [5.74, 6) is -2.56. The first-order valence-corrected chi connectivity index (χ1v) is 20.9. The van der Waals surface area contributed by atoms with Crippen LogP contribution in [0.5, 0.6) is 23.0 Å². The molecule has 5 aliphatic carbocycles. The monoisotopic (exact) mass is 796 g/mol. The number of rotatable bonds is 8. The molecular formula is C48H60O10. The third-order valence-corrected chi connectivity index (χ3v) is 15.9. The molecule has 2 aromatic carbocycles. The van der Waals surface area contributed by atoms with Crippen LogP contribution in [0.25, 0.3) is 12.2 Å². The van der Waals surface area contributed by atoms with E-state index in [1.165, 1.54) is 42.0 Å². The quantitative estimate of drug-likeness (QED) is 0.0751. The molecule has 0 saturated heterocycles. The second-order valence-corrected chi connectivity index (χ2v) is 19.9. The van der Waals surface area contributed by atoms with E-state index in [1.807, 2.05) is 0 Å². The van der Waals surface area contributed by atoms with Crippen LogP contribution in [0.1, 0.15) is 110 Å². The Bertz CT molecular complexity index is 2060. The molecule has 312 valence electrons. The number of hydrogen-bond donors (Lipinski definition) is 5. The van der Waals surface area contributed by atoms with Gasteiger partial charge in [0.2, 0.25) is 0 Å². The molecule has 10 nitrogen and oxygen atoms in total. The number of benzene rings is 2. The number of aliphatic carboxylic acids is 1. The van der Waals surface area contributed by atoms with Gasteiger partial charge >= 0.3 is 17.9 Å². The van der Waals surface area contributed by atoms with E-state index in [2.05, 4.69) is 47.6 Å². The summed E-state index contributed by atoms with van der Waals surface area (Å²) in [7, 11) is 0. The lowest BCUT2D eigenvalue weighted by molar-refractivity contribution is -0.218. The van der Waals surface area contributed by atoms with Gasteiger partial charge in [-0.15, -0.1) is 0 Å². The minimum Gasteiger partial charge on any atom is -0.504 e. The van der Waals surface area contributed by atoms with Crippen molar-refractivity contribution < 1.29 is 49.4 Å². The molecule has 10 heteroatoms. The summed E-state index contributed by atoms with van der Waals surface area (Å²) >= 11 is 0. The van der Waals surface area contributed by atoms with Gasteiger partial charge in [0.15, 0.2) is 23.0 Å². The van der Waals surface area contributed by atoms with E-state index in [4.69, 9.17) is 9.47 Å². The van der Waals surface area contributed by atoms with Crippen LogP contribution in [0.4, 0.5) is 0 Å². The molecule has 7 rings (SSSR count). The van der Waals surface area contributed by atoms with E-state index >= 15 is 0 Å². The van der Waals surface area contributed by atoms with Gasteiger partial charge in [-0.2, -0.15) is 0 Å². The van der Waals surface area contributed by atoms with Crippen molar-refractivity contribution in [1.29, 1.82) is 0 Å². The lowest BCUT2D eigenvalue weighted by atomic mass is 9.34. The van der Waals surface area contributed by atoms with Gasteiger partial charge < -0.3 is 35.0 Å². The smallest absolute Gasteiger partial charge is 0.331 e. The van der Waals surface area contributed by atoms with Crippen LogP contribution in [0.15, 0.2) is 60.2 Å². The van der Waals surface area contributed by atoms with Crippen molar-refractivity contribution in [2.24, 2.45) is 56.7 Å². The fourth-order valence-electron chi connectivity index (χ4n) is 13.2. The molecule has 0 heterocycles. The Morgan fingerprint density at radius 3 is 1.97 bits per heavy atom. The van der Waals surface area contributed by atoms with Crippen LogP contribution in [-0.4, -0.2) is 56.2 Å². The minimum atomic E-state index is -0.726. The van der Waals surface area contributed by atoms with E-state index in [-0.39, 0.29) is 81.0 Å². The number of fused-ring (bicyclic) bond motifs is 7. The molecule has 4 fully saturated rings. The van der Waals surface area contributed by atoms with E-state index in [1.54, 1.807) is 24.3 Å². The fraction of sp³-hybridized carbons (Fsp3) is 0.562. The lowest BCUT2D eigenvalue weighted by Gasteiger charge is -2.71. The first-order valence-electron chi connectivity index (χ1n) is 20.9. The first-order chi connectivity index (χ1) is 27.2. The van der Waals surface area contributed by atoms with Gasteiger partial charge in [0.25, 0.3) is 0 Å². The summed E-state index contributed by atoms with van der Waals surface area (Å²) in [6.07, 6.45) is 15.2. The van der Waals surface area contributed by atoms with Crippen molar-refractivity contribution in [2.75, 3.05) is 6.61 Å². The van der Waals surface area contributed by atoms with Gasteiger partial charge in [-0.3, -0.25) is 4.79 Å². The summed E-state index contributed by atoms with van der Waals surface area (Å²) in [5.41, 5.74) is 1.00. The molecule has 5 unspecified atom stereocenters. The Morgan fingerprint density at radius 2 is 1.36 bits per heavy atom. The molecule has 0 aromatic heterocycles. The van der Waals surface area contributed by atoms with Crippen molar-refractivity contribution in [1.82, 2.24) is 0 Å². The molecule has 0 bridgehead atoms. The van der Waals surface area contributed by atoms with Crippen LogP contribution in [0.2, 0.25) is 0 Å². The topological polar surface area (TPSA) is 171 Å². The highest BCUT2D eigenvalue weighted by molar-refractivity contribution is 5.88. The second-order valence-electron chi connectivity index (χ2n) is 19.9. The number of phenolic OH excluding ortho intramolecular Hbond substituents is 4. The standard InChI is InChI=1S/C48H60O10/c1-44(2)25-31-30(32(26-44)43(55)56)17-22-48(27-57-41(53)15-9-28-7-12-34(49)36(51)23-28)33(31)11-14-39-46(5)20-19-40(45(3,4)38(46)18-21-47(39,48)6)58-42(54)16-10-29-8-13-35(50)37(52)24-29/h7-13,15-16,23-24,30-32,38-40,49-52H,14,17-22,25-27H2,1-6H3,(H,55,56)/b15-9+,16-10+/t30?,31?,32-,38?,39?,40?,46+,47-,48+/m1/s1. The largest absolute Gasteiger partial charge is 0.504 e. The van der Waals surface area contributed by atoms with E-state index in [0.717, 1.165) is 44.9 Å². The van der Waals surface area contributed by atoms with Crippen molar-refractivity contribution in [3.8, 4) is 23.0 Å². The number of carbonyl (C=O) groups is 3. The molecule has 2 aromatic rings. The Labute approximate surface area is 341 Å². The predicted octanol–water partition coefficient (Wildman–Crippen LogP) is 9.41. The zero-order chi connectivity index (χ0) is 42.0. The number of ether oxygens (including phenoxy) is 2. The van der Waals surface area contributed by atoms with Gasteiger partial charge in [0.1, 0.15) is 12.7 Å². The van der Waals surface area contributed by atoms with Gasteiger partial charge in [-0.1, -0.05) is 65.3 Å². The average molecular weight is 797 g/mol. The number of aromatic hydroxyl groups is 4. The zero-order valence-corrected chi connectivity index (χ0v) is 34.7. The van der Waals surface area contributed by atoms with E-state index in [9.17, 15) is 39.9 Å². The number of allylic oxidation sites excluding steroid dienone is 1. The number of phenols is 4. The van der Waals surface area contributed by atoms with Crippen LogP contribution >= 0.6 is 0 Å². The Hall–Kier alpha value is -4.73. The summed E-state index contributed by atoms with van der Waals surface area (Å²) in [6, 6.07) is 8.73. The van der Waals surface area contributed by atoms with Crippen LogP contribution in [0, 0.1) is 56.7 Å². The highest BCUT2D eigenvalue weighted by Crippen LogP contribution is 2.75. The molecule has 58 heavy (non-hydrogen) atoms. The number of carboxylic acid groups (broad SMARTS) is 1. The van der Waals surface area contributed by atoms with Gasteiger partial charge in [0, 0.05) is 23.0 Å². The second kappa shape index (κ2) is 14.8. The molecule has 0 radical (unpaired) electrons. The van der Waals surface area contributed by atoms with E-state index in [0.29, 0.717) is 24.0 Å². The summed E-state index contributed by atoms with van der Waals surface area (Å²) < 4.78 is 12.5. The molecule has 0 aliphatic heterocycles. The normalized spacial score (nSPS) is 34.8. The molecule has 4 saturated carbocycles. The number of carboxylic acids is 1. The van der Waals surface area contributed by atoms with Crippen molar-refractivity contribution in [2.45, 2.75) is 105 Å². The maximum atomic E-state index is 13.5. The Balaban J connectivity index is 1.18. The van der Waals surface area contributed by atoms with E-state index < -0.39 is 29.2 Å². The van der Waals surface area contributed by atoms with Crippen LogP contribution < -0.4 is 0 Å². The molecule has 0 spiro atoms. The maximum Gasteiger partial charge on any atom is 0.331 e. The average Bonchev–Trinajstić information content (AvgIpc) is 3.15. The van der Waals surface area contributed by atoms with Gasteiger partial charge in [-0.25, -0.2) is 9.59 Å². The molecular weight excluding hydrogens is 737 g/mol. The number of hydrogen-bond acceptors (Lipinski definition) is 9. The van der Waals surface area contributed by atoms with Crippen molar-refractivity contribution in [3.63, 3.8) is 0 Å². The SMILES string of the molecule is CC1(C)CC2C3=CCC4[C@@]5(C)CCC(OC(=O)/C=C/c6ccc(O)c(O)c6)C(C)(C)C5CC[C@@]4(C)[C@]3(COC(=O)/C=C/c3ccc(O)c(O)c3)CCC2[C@H](C(=O)O)C1. The minimum absolute atomic E-state index is 0.0209. The van der Waals surface area contributed by atoms with Crippen LogP contribution in [0.3, 0.4) is 0 Å². The Morgan fingerprint density at radius 1 is 0.741 bits per heavy atom. The predicted molar refractivity (Wildman–Crippen MR) is 219 cm³/mol. The summed E-state index contributed by atoms with van der Waals surface area (Å²) in [5, 5.41) is 49.7. The molecule has 5 N–H and O–H groups in total. The number of carbonyl (C=O) groups excluding carboxylic acids is 2. The maximum absolute atomic E-state index is 13.5. The van der Waals surface area contributed by atoms with Crippen molar-refractivity contribution in [3.05, 3.63) is 71.3 Å². The first kappa shape index (κ1) is 41.4. The highest BCUT2D eigenvalue weighted by Gasteiger charge is 2.69. The van der Waals surface area contributed by atoms with Gasteiger partial charge in [-0.05, 0) is 145 Å². The fourth-order valence-corrected chi connectivity index (χ4v) is 13.2. The third-order valence-electron chi connectivity index (χ3n) is 15.9. The molecule has 9 atom stereocenters. The van der Waals surface area contributed by atoms with Crippen LogP contribution in [-0.2, 0) is 23.9 Å². The number of esters is 2. The summed E-state index contributed by atoms with van der Waals surface area (Å²) in [4.78, 5) is 39.5. The molecule has 5 aliphatic rings. The van der Waals surface area contributed by atoms with Gasteiger partial charge in [0.05, 0.1) is 5.92 Å². The third kappa shape index (κ3) is 7.08. The Kier molecular flexibility index (Phi) is 10.6. The zero-order valence-electron chi connectivity index (χ0n) is 34.7.